The third kappa shape index (κ3) is 4.85. The van der Waals surface area contributed by atoms with E-state index in [1.807, 2.05) is 0 Å². The molecule has 166 valence electrons. The molecule has 2 heterocycles. The number of nitro benzene ring substituents is 1. The van der Waals surface area contributed by atoms with E-state index in [2.05, 4.69) is 0 Å². The Morgan fingerprint density at radius 1 is 1.09 bits per heavy atom. The highest BCUT2D eigenvalue weighted by atomic mass is 35.5. The summed E-state index contributed by atoms with van der Waals surface area (Å²) in [7, 11) is 0. The molecule has 0 aliphatic carbocycles. The maximum Gasteiger partial charge on any atom is 0.293 e. The minimum atomic E-state index is -0.618. The third-order valence-electron chi connectivity index (χ3n) is 4.67. The first-order valence-electron chi connectivity index (χ1n) is 9.31. The van der Waals surface area contributed by atoms with E-state index in [-0.39, 0.29) is 21.4 Å². The Hall–Kier alpha value is -3.40. The van der Waals surface area contributed by atoms with E-state index in [1.165, 1.54) is 30.3 Å². The number of halogens is 2. The van der Waals surface area contributed by atoms with Crippen molar-refractivity contribution in [2.45, 2.75) is 0 Å². The van der Waals surface area contributed by atoms with Crippen LogP contribution in [0.15, 0.2) is 63.9 Å². The maximum atomic E-state index is 12.7. The van der Waals surface area contributed by atoms with Crippen LogP contribution in [-0.2, 0) is 4.79 Å². The van der Waals surface area contributed by atoms with Gasteiger partial charge < -0.3 is 4.42 Å². The zero-order valence-electron chi connectivity index (χ0n) is 16.5. The normalized spacial score (nSPS) is 14.8. The van der Waals surface area contributed by atoms with Gasteiger partial charge in [0, 0.05) is 28.3 Å². The van der Waals surface area contributed by atoms with E-state index in [4.69, 9.17) is 27.6 Å². The van der Waals surface area contributed by atoms with Gasteiger partial charge >= 0.3 is 0 Å². The van der Waals surface area contributed by atoms with Crippen molar-refractivity contribution in [3.05, 3.63) is 91.0 Å². The summed E-state index contributed by atoms with van der Waals surface area (Å²) in [6.45, 7) is -0.401. The number of amides is 2. The van der Waals surface area contributed by atoms with Crippen LogP contribution >= 0.6 is 35.0 Å². The fourth-order valence-corrected chi connectivity index (χ4v) is 4.16. The summed E-state index contributed by atoms with van der Waals surface area (Å²) in [6.07, 6.45) is 1.38. The Labute approximate surface area is 200 Å². The molecule has 1 fully saturated rings. The first-order chi connectivity index (χ1) is 15.7. The van der Waals surface area contributed by atoms with Gasteiger partial charge in [-0.25, -0.2) is 0 Å². The average Bonchev–Trinajstić information content (AvgIpc) is 3.34. The number of thioether (sulfide) groups is 1. The average molecular weight is 503 g/mol. The van der Waals surface area contributed by atoms with Gasteiger partial charge in [-0.05, 0) is 60.3 Å². The molecule has 33 heavy (non-hydrogen) atoms. The molecule has 3 aromatic rings. The van der Waals surface area contributed by atoms with E-state index < -0.39 is 28.4 Å². The molecule has 1 aromatic heterocycles. The molecule has 1 aliphatic heterocycles. The van der Waals surface area contributed by atoms with Crippen molar-refractivity contribution in [2.75, 3.05) is 6.54 Å². The Kier molecular flexibility index (Phi) is 6.37. The fraction of sp³-hybridized carbons (Fsp3) is 0.0455. The van der Waals surface area contributed by atoms with Crippen LogP contribution in [0.5, 0.6) is 0 Å². The molecule has 4 rings (SSSR count). The highest BCUT2D eigenvalue weighted by Crippen LogP contribution is 2.35. The number of hydrogen-bond acceptors (Lipinski definition) is 7. The molecule has 2 aromatic carbocycles. The first kappa shape index (κ1) is 22.8. The molecular formula is C22H12Cl2N2O6S. The summed E-state index contributed by atoms with van der Waals surface area (Å²) in [4.78, 5) is 48.9. The first-order valence-corrected chi connectivity index (χ1v) is 10.9. The minimum absolute atomic E-state index is 0.00245. The van der Waals surface area contributed by atoms with Gasteiger partial charge in [-0.15, -0.1) is 0 Å². The number of Topliss-reactive ketones (excluding diaryl/α,β-unsaturated/α-hetero) is 1. The predicted octanol–water partition coefficient (Wildman–Crippen LogP) is 6.08. The van der Waals surface area contributed by atoms with E-state index in [0.717, 1.165) is 4.90 Å². The molecule has 2 amide bonds. The molecule has 8 nitrogen and oxygen atoms in total. The van der Waals surface area contributed by atoms with Crippen LogP contribution in [0.2, 0.25) is 10.0 Å². The fourth-order valence-electron chi connectivity index (χ4n) is 3.03. The molecule has 0 unspecified atom stereocenters. The number of ketones is 1. The topological polar surface area (TPSA) is 111 Å². The van der Waals surface area contributed by atoms with Crippen LogP contribution in [0, 0.1) is 10.1 Å². The lowest BCUT2D eigenvalue weighted by molar-refractivity contribution is -0.384. The van der Waals surface area contributed by atoms with Crippen molar-refractivity contribution in [2.24, 2.45) is 0 Å². The molecule has 0 spiro atoms. The highest BCUT2D eigenvalue weighted by Gasteiger charge is 2.36. The summed E-state index contributed by atoms with van der Waals surface area (Å²) in [5, 5.41) is 11.0. The molecule has 11 heteroatoms. The van der Waals surface area contributed by atoms with E-state index in [1.54, 1.807) is 30.3 Å². The number of nitro groups is 1. The standard InChI is InChI=1S/C22H12Cl2N2O6S/c23-14-4-1-12(2-5-14)18(27)11-25-21(28)20(33-22(25)29)10-15-6-8-19(32-15)13-3-7-16(24)17(9-13)26(30)31/h1-10H,11H2/b20-10+. The summed E-state index contributed by atoms with van der Waals surface area (Å²) < 4.78 is 5.67. The second kappa shape index (κ2) is 9.22. The van der Waals surface area contributed by atoms with Crippen LogP contribution in [0.1, 0.15) is 16.1 Å². The Morgan fingerprint density at radius 3 is 2.52 bits per heavy atom. The van der Waals surface area contributed by atoms with Gasteiger partial charge in [0.05, 0.1) is 16.4 Å². The number of carbonyl (C=O) groups excluding carboxylic acids is 3. The second-order valence-electron chi connectivity index (χ2n) is 6.82. The van der Waals surface area contributed by atoms with Crippen molar-refractivity contribution < 1.29 is 23.7 Å². The van der Waals surface area contributed by atoms with Crippen molar-refractivity contribution in [1.29, 1.82) is 0 Å². The lowest BCUT2D eigenvalue weighted by Gasteiger charge is -2.11. The molecule has 0 saturated carbocycles. The van der Waals surface area contributed by atoms with Crippen LogP contribution in [-0.4, -0.2) is 33.3 Å². The van der Waals surface area contributed by atoms with Crippen molar-refractivity contribution in [1.82, 2.24) is 4.90 Å². The third-order valence-corrected chi connectivity index (χ3v) is 6.15. The summed E-state index contributed by atoms with van der Waals surface area (Å²) in [6, 6.07) is 13.5. The Balaban J connectivity index is 1.52. The molecular weight excluding hydrogens is 491 g/mol. The van der Waals surface area contributed by atoms with Gasteiger partial charge in [0.15, 0.2) is 5.78 Å². The number of rotatable bonds is 6. The monoisotopic (exact) mass is 502 g/mol. The number of furan rings is 1. The molecule has 0 radical (unpaired) electrons. The Bertz CT molecular complexity index is 1330. The predicted molar refractivity (Wildman–Crippen MR) is 124 cm³/mol. The van der Waals surface area contributed by atoms with Gasteiger partial charge in [-0.2, -0.15) is 0 Å². The molecule has 0 N–H and O–H groups in total. The molecule has 1 aliphatic rings. The van der Waals surface area contributed by atoms with Gasteiger partial charge in [-0.1, -0.05) is 23.2 Å². The zero-order chi connectivity index (χ0) is 23.7. The Morgan fingerprint density at radius 2 is 1.82 bits per heavy atom. The van der Waals surface area contributed by atoms with Crippen molar-refractivity contribution >= 4 is 63.7 Å². The quantitative estimate of drug-likeness (QED) is 0.173. The lowest BCUT2D eigenvalue weighted by Crippen LogP contribution is -2.33. The SMILES string of the molecule is O=C(CN1C(=O)S/C(=C/c2ccc(-c3ccc(Cl)c([N+](=O)[O-])c3)o2)C1=O)c1ccc(Cl)cc1. The second-order valence-corrected chi connectivity index (χ2v) is 8.66. The lowest BCUT2D eigenvalue weighted by atomic mass is 10.1. The number of hydrogen-bond donors (Lipinski definition) is 0. The number of carbonyl (C=O) groups is 3. The molecule has 0 atom stereocenters. The molecule has 0 bridgehead atoms. The van der Waals surface area contributed by atoms with E-state index in [0.29, 0.717) is 33.7 Å². The summed E-state index contributed by atoms with van der Waals surface area (Å²) in [5.74, 6) is -0.442. The van der Waals surface area contributed by atoms with Gasteiger partial charge in [0.25, 0.3) is 16.8 Å². The zero-order valence-corrected chi connectivity index (χ0v) is 18.8. The summed E-state index contributed by atoms with van der Waals surface area (Å²) >= 11 is 12.3. The van der Waals surface area contributed by atoms with Crippen molar-refractivity contribution in [3.8, 4) is 11.3 Å². The van der Waals surface area contributed by atoms with Crippen LogP contribution in [0.3, 0.4) is 0 Å². The maximum absolute atomic E-state index is 12.7. The number of imide groups is 1. The van der Waals surface area contributed by atoms with Gasteiger partial charge in [-0.3, -0.25) is 29.4 Å². The van der Waals surface area contributed by atoms with Crippen LogP contribution in [0.4, 0.5) is 10.5 Å². The molecule has 1 saturated heterocycles. The smallest absolute Gasteiger partial charge is 0.293 e. The number of benzene rings is 2. The largest absolute Gasteiger partial charge is 0.457 e. The summed E-state index contributed by atoms with van der Waals surface area (Å²) in [5.41, 5.74) is 0.487. The van der Waals surface area contributed by atoms with Crippen LogP contribution < -0.4 is 0 Å². The van der Waals surface area contributed by atoms with Crippen molar-refractivity contribution in [3.63, 3.8) is 0 Å². The highest BCUT2D eigenvalue weighted by molar-refractivity contribution is 8.18. The van der Waals surface area contributed by atoms with Crippen LogP contribution in [0.25, 0.3) is 17.4 Å². The van der Waals surface area contributed by atoms with Gasteiger partial charge in [0.2, 0.25) is 0 Å². The minimum Gasteiger partial charge on any atom is -0.457 e. The van der Waals surface area contributed by atoms with E-state index in [9.17, 15) is 24.5 Å². The van der Waals surface area contributed by atoms with Gasteiger partial charge in [0.1, 0.15) is 16.5 Å². The number of nitrogens with zero attached hydrogens (tertiary/aromatic N) is 2. The van der Waals surface area contributed by atoms with E-state index >= 15 is 0 Å².